The fourth-order valence-electron chi connectivity index (χ4n) is 3.61. The van der Waals surface area contributed by atoms with Gasteiger partial charge in [-0.15, -0.1) is 0 Å². The minimum Gasteiger partial charge on any atom is -0.393 e. The van der Waals surface area contributed by atoms with Crippen LogP contribution in [0.1, 0.15) is 70.6 Å². The summed E-state index contributed by atoms with van der Waals surface area (Å²) in [5, 5.41) is 10.1. The number of aliphatic hydroxyl groups is 1. The molecule has 2 unspecified atom stereocenters. The molecule has 0 aromatic carbocycles. The molecule has 0 bridgehead atoms. The average Bonchev–Trinajstić information content (AvgIpc) is 2.19. The molecule has 15 heavy (non-hydrogen) atoms. The Morgan fingerprint density at radius 1 is 0.600 bits per heavy atom. The first-order valence-corrected chi connectivity index (χ1v) is 7.06. The lowest BCUT2D eigenvalue weighted by Crippen LogP contribution is -2.31. The van der Waals surface area contributed by atoms with E-state index in [9.17, 15) is 5.11 Å². The van der Waals surface area contributed by atoms with Crippen LogP contribution in [0.2, 0.25) is 0 Å². The molecule has 2 rings (SSSR count). The van der Waals surface area contributed by atoms with Crippen molar-refractivity contribution in [2.45, 2.75) is 76.7 Å². The highest BCUT2D eigenvalue weighted by atomic mass is 16.3. The Bertz CT molecular complexity index is 170. The summed E-state index contributed by atoms with van der Waals surface area (Å²) in [5.74, 6) is 1.50. The zero-order valence-electron chi connectivity index (χ0n) is 9.96. The van der Waals surface area contributed by atoms with Gasteiger partial charge in [0.2, 0.25) is 0 Å². The van der Waals surface area contributed by atoms with Crippen LogP contribution in [0.5, 0.6) is 0 Å². The third kappa shape index (κ3) is 3.21. The summed E-state index contributed by atoms with van der Waals surface area (Å²) in [6, 6.07) is 0. The first-order valence-electron chi connectivity index (χ1n) is 7.06. The second-order valence-electron chi connectivity index (χ2n) is 5.62. The molecule has 0 saturated heterocycles. The van der Waals surface area contributed by atoms with Gasteiger partial charge >= 0.3 is 0 Å². The van der Waals surface area contributed by atoms with Crippen molar-refractivity contribution in [1.82, 2.24) is 0 Å². The van der Waals surface area contributed by atoms with Gasteiger partial charge in [0.1, 0.15) is 0 Å². The van der Waals surface area contributed by atoms with Gasteiger partial charge in [-0.1, -0.05) is 57.8 Å². The largest absolute Gasteiger partial charge is 0.393 e. The van der Waals surface area contributed by atoms with Crippen LogP contribution in [0.4, 0.5) is 0 Å². The van der Waals surface area contributed by atoms with Gasteiger partial charge in [-0.3, -0.25) is 0 Å². The van der Waals surface area contributed by atoms with Gasteiger partial charge in [0.05, 0.1) is 6.10 Å². The Labute approximate surface area is 94.3 Å². The topological polar surface area (TPSA) is 20.2 Å². The molecule has 2 fully saturated rings. The number of hydrogen-bond donors (Lipinski definition) is 1. The van der Waals surface area contributed by atoms with Crippen LogP contribution in [0.3, 0.4) is 0 Å². The summed E-state index contributed by atoms with van der Waals surface area (Å²) >= 11 is 0. The molecule has 0 aromatic rings. The quantitative estimate of drug-likeness (QED) is 0.696. The Kier molecular flexibility index (Phi) is 4.49. The van der Waals surface area contributed by atoms with Crippen LogP contribution in [-0.2, 0) is 0 Å². The second-order valence-corrected chi connectivity index (χ2v) is 5.62. The van der Waals surface area contributed by atoms with Crippen molar-refractivity contribution in [1.29, 1.82) is 0 Å². The molecule has 2 aliphatic rings. The smallest absolute Gasteiger partial charge is 0.0571 e. The molecule has 0 radical (unpaired) electrons. The second kappa shape index (κ2) is 5.89. The molecule has 0 aliphatic heterocycles. The molecular formula is C14H26O. The van der Waals surface area contributed by atoms with Crippen LogP contribution >= 0.6 is 0 Å². The van der Waals surface area contributed by atoms with E-state index in [4.69, 9.17) is 0 Å². The van der Waals surface area contributed by atoms with Crippen molar-refractivity contribution in [2.75, 3.05) is 0 Å². The monoisotopic (exact) mass is 210 g/mol. The Morgan fingerprint density at radius 3 is 1.80 bits per heavy atom. The van der Waals surface area contributed by atoms with E-state index in [-0.39, 0.29) is 6.10 Å². The molecule has 0 amide bonds. The summed E-state index contributed by atoms with van der Waals surface area (Å²) < 4.78 is 0. The van der Waals surface area contributed by atoms with Crippen molar-refractivity contribution in [3.63, 3.8) is 0 Å². The third-order valence-corrected chi connectivity index (χ3v) is 4.54. The molecule has 0 heterocycles. The van der Waals surface area contributed by atoms with Crippen LogP contribution in [0, 0.1) is 11.8 Å². The number of rotatable bonds is 1. The molecule has 2 saturated carbocycles. The lowest BCUT2D eigenvalue weighted by Gasteiger charge is -2.35. The van der Waals surface area contributed by atoms with Crippen molar-refractivity contribution < 1.29 is 5.11 Å². The fraction of sp³-hybridized carbons (Fsp3) is 1.00. The van der Waals surface area contributed by atoms with Crippen LogP contribution in [0.15, 0.2) is 0 Å². The van der Waals surface area contributed by atoms with Gasteiger partial charge in [0, 0.05) is 0 Å². The Hall–Kier alpha value is -0.0400. The molecule has 2 atom stereocenters. The van der Waals surface area contributed by atoms with E-state index in [0.717, 1.165) is 12.3 Å². The first kappa shape index (κ1) is 11.4. The number of hydrogen-bond acceptors (Lipinski definition) is 1. The molecule has 1 nitrogen and oxygen atoms in total. The summed E-state index contributed by atoms with van der Waals surface area (Å²) in [4.78, 5) is 0. The van der Waals surface area contributed by atoms with Gasteiger partial charge in [-0.2, -0.15) is 0 Å². The van der Waals surface area contributed by atoms with Crippen LogP contribution in [0.25, 0.3) is 0 Å². The maximum Gasteiger partial charge on any atom is 0.0571 e. The standard InChI is InChI=1S/C14H26O/c15-14-11-7-6-10-13(14)12-8-4-2-1-3-5-9-12/h12-15H,1-11H2. The summed E-state index contributed by atoms with van der Waals surface area (Å²) in [7, 11) is 0. The average molecular weight is 210 g/mol. The highest BCUT2D eigenvalue weighted by Gasteiger charge is 2.30. The van der Waals surface area contributed by atoms with Crippen LogP contribution in [-0.4, -0.2) is 11.2 Å². The summed E-state index contributed by atoms with van der Waals surface area (Å²) in [6.07, 6.45) is 14.9. The normalized spacial score (nSPS) is 35.8. The van der Waals surface area contributed by atoms with Crippen molar-refractivity contribution in [3.8, 4) is 0 Å². The zero-order chi connectivity index (χ0) is 10.5. The van der Waals surface area contributed by atoms with E-state index in [1.54, 1.807) is 0 Å². The molecule has 1 N–H and O–H groups in total. The summed E-state index contributed by atoms with van der Waals surface area (Å²) in [5.41, 5.74) is 0. The van der Waals surface area contributed by atoms with Gasteiger partial charge in [-0.05, 0) is 24.7 Å². The van der Waals surface area contributed by atoms with E-state index in [0.29, 0.717) is 5.92 Å². The minimum atomic E-state index is 0.0307. The van der Waals surface area contributed by atoms with Gasteiger partial charge in [-0.25, -0.2) is 0 Å². The van der Waals surface area contributed by atoms with Gasteiger partial charge < -0.3 is 5.11 Å². The lowest BCUT2D eigenvalue weighted by molar-refractivity contribution is 0.0289. The molecule has 1 heteroatoms. The maximum absolute atomic E-state index is 10.1. The highest BCUT2D eigenvalue weighted by molar-refractivity contribution is 4.81. The van der Waals surface area contributed by atoms with Gasteiger partial charge in [0.15, 0.2) is 0 Å². The van der Waals surface area contributed by atoms with Gasteiger partial charge in [0.25, 0.3) is 0 Å². The highest BCUT2D eigenvalue weighted by Crippen LogP contribution is 2.37. The van der Waals surface area contributed by atoms with E-state index >= 15 is 0 Å². The van der Waals surface area contributed by atoms with E-state index < -0.39 is 0 Å². The van der Waals surface area contributed by atoms with Crippen molar-refractivity contribution in [3.05, 3.63) is 0 Å². The maximum atomic E-state index is 10.1. The molecule has 0 aromatic heterocycles. The molecular weight excluding hydrogens is 184 g/mol. The molecule has 2 aliphatic carbocycles. The Balaban J connectivity index is 1.87. The minimum absolute atomic E-state index is 0.0307. The predicted molar refractivity (Wildman–Crippen MR) is 63.8 cm³/mol. The fourth-order valence-corrected chi connectivity index (χ4v) is 3.61. The third-order valence-electron chi connectivity index (χ3n) is 4.54. The zero-order valence-corrected chi connectivity index (χ0v) is 9.96. The predicted octanol–water partition coefficient (Wildman–Crippen LogP) is 3.90. The number of aliphatic hydroxyl groups excluding tert-OH is 1. The van der Waals surface area contributed by atoms with E-state index in [1.807, 2.05) is 0 Å². The van der Waals surface area contributed by atoms with E-state index in [1.165, 1.54) is 64.2 Å². The molecule has 0 spiro atoms. The van der Waals surface area contributed by atoms with Crippen molar-refractivity contribution >= 4 is 0 Å². The van der Waals surface area contributed by atoms with E-state index in [2.05, 4.69) is 0 Å². The Morgan fingerprint density at radius 2 is 1.13 bits per heavy atom. The lowest BCUT2D eigenvalue weighted by atomic mass is 9.73. The first-order chi connectivity index (χ1) is 7.38. The SMILES string of the molecule is OC1CCCCC1C1CCCCCCC1. The van der Waals surface area contributed by atoms with Crippen molar-refractivity contribution in [2.24, 2.45) is 11.8 Å². The van der Waals surface area contributed by atoms with Crippen LogP contribution < -0.4 is 0 Å². The summed E-state index contributed by atoms with van der Waals surface area (Å²) in [6.45, 7) is 0. The molecule has 88 valence electrons.